The molecule has 0 saturated heterocycles. The largest absolute Gasteiger partial charge is 0.434 e. The van der Waals surface area contributed by atoms with Crippen molar-refractivity contribution < 1.29 is 18.0 Å². The van der Waals surface area contributed by atoms with Gasteiger partial charge in [-0.05, 0) is 18.4 Å². The van der Waals surface area contributed by atoms with Crippen LogP contribution in [0.25, 0.3) is 10.2 Å². The molecule has 0 aliphatic carbocycles. The van der Waals surface area contributed by atoms with Crippen molar-refractivity contribution in [1.82, 2.24) is 20.3 Å². The van der Waals surface area contributed by atoms with E-state index in [1.54, 1.807) is 18.4 Å². The fourth-order valence-corrected chi connectivity index (χ4v) is 3.48. The average Bonchev–Trinajstić information content (AvgIpc) is 3.15. The molecule has 0 aliphatic heterocycles. The maximum atomic E-state index is 12.6. The second kappa shape index (κ2) is 5.85. The number of hydrogen-bond donors (Lipinski definition) is 1. The summed E-state index contributed by atoms with van der Waals surface area (Å²) in [7, 11) is 0. The number of nitrogens with zero attached hydrogens (tertiary/aromatic N) is 3. The number of thiazole rings is 1. The minimum atomic E-state index is -4.49. The van der Waals surface area contributed by atoms with Gasteiger partial charge in [0.15, 0.2) is 5.69 Å². The molecule has 1 amide bonds. The Labute approximate surface area is 136 Å². The van der Waals surface area contributed by atoms with Crippen LogP contribution in [0.1, 0.15) is 34.2 Å². The molecule has 0 spiro atoms. The fourth-order valence-electron chi connectivity index (χ4n) is 1.91. The van der Waals surface area contributed by atoms with Crippen LogP contribution < -0.4 is 5.32 Å². The van der Waals surface area contributed by atoms with E-state index < -0.39 is 23.8 Å². The minimum absolute atomic E-state index is 0.182. The number of aromatic nitrogens is 3. The fraction of sp³-hybridized carbons (Fsp3) is 0.231. The van der Waals surface area contributed by atoms with E-state index in [1.165, 1.54) is 17.7 Å². The number of fused-ring (bicyclic) bond motifs is 1. The number of halogens is 3. The van der Waals surface area contributed by atoms with Crippen LogP contribution in [0, 0.1) is 0 Å². The van der Waals surface area contributed by atoms with Crippen molar-refractivity contribution in [3.05, 3.63) is 39.5 Å². The number of carbonyl (C=O) groups excluding carboxylic acids is 1. The molecule has 1 N–H and O–H groups in total. The molecule has 1 atom stereocenters. The number of hydrogen-bond acceptors (Lipinski definition) is 6. The summed E-state index contributed by atoms with van der Waals surface area (Å²) in [5, 5.41) is 6.12. The van der Waals surface area contributed by atoms with E-state index in [2.05, 4.69) is 20.3 Å². The summed E-state index contributed by atoms with van der Waals surface area (Å²) in [4.78, 5) is 24.5. The number of carbonyl (C=O) groups is 1. The molecule has 120 valence electrons. The van der Waals surface area contributed by atoms with E-state index in [-0.39, 0.29) is 10.7 Å². The highest BCUT2D eigenvalue weighted by Gasteiger charge is 2.34. The quantitative estimate of drug-likeness (QED) is 0.776. The first kappa shape index (κ1) is 15.8. The van der Waals surface area contributed by atoms with E-state index >= 15 is 0 Å². The highest BCUT2D eigenvalue weighted by Crippen LogP contribution is 2.31. The molecule has 1 unspecified atom stereocenters. The zero-order chi connectivity index (χ0) is 16.6. The lowest BCUT2D eigenvalue weighted by Gasteiger charge is -2.11. The molecule has 0 radical (unpaired) electrons. The molecule has 5 nitrogen and oxygen atoms in total. The SMILES string of the molecule is CC(NC(=O)c1ncnc2sccc12)c1nc(C(F)(F)F)cs1. The second-order valence-electron chi connectivity index (χ2n) is 4.63. The van der Waals surface area contributed by atoms with Gasteiger partial charge in [0, 0.05) is 10.8 Å². The third-order valence-corrected chi connectivity index (χ3v) is 4.86. The number of nitrogens with one attached hydrogen (secondary N) is 1. The van der Waals surface area contributed by atoms with Crippen molar-refractivity contribution in [2.24, 2.45) is 0 Å². The molecule has 3 rings (SSSR count). The van der Waals surface area contributed by atoms with Crippen LogP contribution in [0.2, 0.25) is 0 Å². The van der Waals surface area contributed by atoms with Crippen LogP contribution in [-0.4, -0.2) is 20.9 Å². The lowest BCUT2D eigenvalue weighted by Crippen LogP contribution is -2.27. The van der Waals surface area contributed by atoms with Gasteiger partial charge in [0.2, 0.25) is 0 Å². The molecule has 3 aromatic rings. The van der Waals surface area contributed by atoms with E-state index in [1.807, 2.05) is 0 Å². The first-order chi connectivity index (χ1) is 10.9. The number of thiophene rings is 1. The van der Waals surface area contributed by atoms with Gasteiger partial charge in [0.25, 0.3) is 5.91 Å². The first-order valence-electron chi connectivity index (χ1n) is 6.38. The van der Waals surface area contributed by atoms with Gasteiger partial charge >= 0.3 is 6.18 Å². The van der Waals surface area contributed by atoms with Crippen molar-refractivity contribution >= 4 is 38.8 Å². The topological polar surface area (TPSA) is 67.8 Å². The highest BCUT2D eigenvalue weighted by molar-refractivity contribution is 7.16. The van der Waals surface area contributed by atoms with Gasteiger partial charge in [0.1, 0.15) is 21.9 Å². The maximum absolute atomic E-state index is 12.6. The van der Waals surface area contributed by atoms with Gasteiger partial charge in [-0.2, -0.15) is 13.2 Å². The first-order valence-corrected chi connectivity index (χ1v) is 8.14. The third-order valence-electron chi connectivity index (χ3n) is 3.01. The van der Waals surface area contributed by atoms with Crippen LogP contribution in [0.15, 0.2) is 23.2 Å². The van der Waals surface area contributed by atoms with Gasteiger partial charge in [-0.1, -0.05) is 0 Å². The Kier molecular flexibility index (Phi) is 4.02. The molecule has 0 bridgehead atoms. The summed E-state index contributed by atoms with van der Waals surface area (Å²) < 4.78 is 37.7. The van der Waals surface area contributed by atoms with Crippen molar-refractivity contribution in [1.29, 1.82) is 0 Å². The number of rotatable bonds is 3. The Bertz CT molecular complexity index is 858. The Morgan fingerprint density at radius 2 is 2.09 bits per heavy atom. The normalized spacial score (nSPS) is 13.2. The summed E-state index contributed by atoms with van der Waals surface area (Å²) in [6.45, 7) is 1.57. The summed E-state index contributed by atoms with van der Waals surface area (Å²) >= 11 is 2.22. The van der Waals surface area contributed by atoms with Crippen molar-refractivity contribution in [3.63, 3.8) is 0 Å². The zero-order valence-corrected chi connectivity index (χ0v) is 13.2. The van der Waals surface area contributed by atoms with Crippen LogP contribution >= 0.6 is 22.7 Å². The molecule has 0 saturated carbocycles. The van der Waals surface area contributed by atoms with Crippen molar-refractivity contribution in [3.8, 4) is 0 Å². The Morgan fingerprint density at radius 1 is 1.30 bits per heavy atom. The van der Waals surface area contributed by atoms with Crippen LogP contribution in [0.5, 0.6) is 0 Å². The second-order valence-corrected chi connectivity index (χ2v) is 6.41. The summed E-state index contributed by atoms with van der Waals surface area (Å²) in [5.74, 6) is -0.480. The van der Waals surface area contributed by atoms with Gasteiger partial charge in [0.05, 0.1) is 6.04 Å². The third kappa shape index (κ3) is 3.17. The molecule has 0 aliphatic rings. The molecular weight excluding hydrogens is 349 g/mol. The van der Waals surface area contributed by atoms with Gasteiger partial charge in [-0.25, -0.2) is 15.0 Å². The summed E-state index contributed by atoms with van der Waals surface area (Å²) in [6, 6.07) is 1.07. The minimum Gasteiger partial charge on any atom is -0.342 e. The predicted octanol–water partition coefficient (Wildman–Crippen LogP) is 3.66. The molecule has 10 heteroatoms. The Balaban J connectivity index is 1.80. The maximum Gasteiger partial charge on any atom is 0.434 e. The molecule has 3 heterocycles. The lowest BCUT2D eigenvalue weighted by molar-refractivity contribution is -0.140. The van der Waals surface area contributed by atoms with Crippen molar-refractivity contribution in [2.45, 2.75) is 19.1 Å². The smallest absolute Gasteiger partial charge is 0.342 e. The number of alkyl halides is 3. The molecule has 3 aromatic heterocycles. The Morgan fingerprint density at radius 3 is 2.78 bits per heavy atom. The van der Waals surface area contributed by atoms with E-state index in [4.69, 9.17) is 0 Å². The van der Waals surface area contributed by atoms with Gasteiger partial charge in [-0.3, -0.25) is 4.79 Å². The van der Waals surface area contributed by atoms with E-state index in [0.717, 1.165) is 16.7 Å². The average molecular weight is 358 g/mol. The molecule has 0 fully saturated rings. The van der Waals surface area contributed by atoms with E-state index in [0.29, 0.717) is 10.2 Å². The molecular formula is C13H9F3N4OS2. The van der Waals surface area contributed by atoms with Crippen LogP contribution in [-0.2, 0) is 6.18 Å². The Hall–Kier alpha value is -2.07. The molecule has 0 aromatic carbocycles. The zero-order valence-electron chi connectivity index (χ0n) is 11.6. The van der Waals surface area contributed by atoms with Gasteiger partial charge in [-0.15, -0.1) is 22.7 Å². The van der Waals surface area contributed by atoms with Crippen LogP contribution in [0.4, 0.5) is 13.2 Å². The standard InChI is InChI=1S/C13H9F3N4OS2/c1-6(11-20-8(4-23-11)13(14,15)16)19-10(21)9-7-2-3-22-12(7)18-5-17-9/h2-6H,1H3,(H,19,21). The molecule has 23 heavy (non-hydrogen) atoms. The monoisotopic (exact) mass is 358 g/mol. The van der Waals surface area contributed by atoms with Crippen LogP contribution in [0.3, 0.4) is 0 Å². The van der Waals surface area contributed by atoms with E-state index in [9.17, 15) is 18.0 Å². The van der Waals surface area contributed by atoms with Crippen molar-refractivity contribution in [2.75, 3.05) is 0 Å². The van der Waals surface area contributed by atoms with Gasteiger partial charge < -0.3 is 5.32 Å². The lowest BCUT2D eigenvalue weighted by atomic mass is 10.2. The predicted molar refractivity (Wildman–Crippen MR) is 80.4 cm³/mol. The summed E-state index contributed by atoms with van der Waals surface area (Å²) in [6.07, 6.45) is -3.21. The summed E-state index contributed by atoms with van der Waals surface area (Å²) in [5.41, 5.74) is -0.767. The number of amides is 1. The highest BCUT2D eigenvalue weighted by atomic mass is 32.1.